The standard InChI is InChI=1S/C17H19F2NO/c1-3-16(20-4-2)12-6-5-7-14(10-12)21-17-11-13(18)8-9-15(17)19/h5-11,16,20H,3-4H2,1-2H3. The molecule has 2 aromatic carbocycles. The Morgan fingerprint density at radius 2 is 1.90 bits per heavy atom. The Hall–Kier alpha value is -1.94. The molecule has 2 rings (SSSR count). The monoisotopic (exact) mass is 291 g/mol. The number of halogens is 2. The zero-order chi connectivity index (χ0) is 15.2. The zero-order valence-corrected chi connectivity index (χ0v) is 12.2. The number of nitrogens with one attached hydrogen (secondary N) is 1. The van der Waals surface area contributed by atoms with Gasteiger partial charge in [-0.25, -0.2) is 8.78 Å². The summed E-state index contributed by atoms with van der Waals surface area (Å²) in [4.78, 5) is 0. The highest BCUT2D eigenvalue weighted by atomic mass is 19.1. The topological polar surface area (TPSA) is 21.3 Å². The van der Waals surface area contributed by atoms with Crippen LogP contribution in [0.25, 0.3) is 0 Å². The van der Waals surface area contributed by atoms with Crippen molar-refractivity contribution in [2.75, 3.05) is 6.54 Å². The highest BCUT2D eigenvalue weighted by Gasteiger charge is 2.10. The Kier molecular flexibility index (Phi) is 5.28. The lowest BCUT2D eigenvalue weighted by atomic mass is 10.0. The second-order valence-corrected chi connectivity index (χ2v) is 4.77. The van der Waals surface area contributed by atoms with Gasteiger partial charge in [0.2, 0.25) is 0 Å². The minimum atomic E-state index is -0.583. The third-order valence-corrected chi connectivity index (χ3v) is 3.24. The smallest absolute Gasteiger partial charge is 0.165 e. The normalized spacial score (nSPS) is 12.2. The van der Waals surface area contributed by atoms with Crippen molar-refractivity contribution >= 4 is 0 Å². The molecule has 4 heteroatoms. The van der Waals surface area contributed by atoms with E-state index in [1.807, 2.05) is 25.1 Å². The average Bonchev–Trinajstić information content (AvgIpc) is 2.49. The van der Waals surface area contributed by atoms with Crippen LogP contribution in [0.5, 0.6) is 11.5 Å². The first-order valence-electron chi connectivity index (χ1n) is 7.10. The van der Waals surface area contributed by atoms with E-state index < -0.39 is 11.6 Å². The van der Waals surface area contributed by atoms with Crippen LogP contribution in [-0.2, 0) is 0 Å². The maximum atomic E-state index is 13.6. The van der Waals surface area contributed by atoms with Gasteiger partial charge < -0.3 is 10.1 Å². The van der Waals surface area contributed by atoms with Gasteiger partial charge in [0.05, 0.1) is 0 Å². The average molecular weight is 291 g/mol. The molecule has 1 unspecified atom stereocenters. The predicted octanol–water partition coefficient (Wildman–Crippen LogP) is 4.82. The van der Waals surface area contributed by atoms with Crippen molar-refractivity contribution in [3.63, 3.8) is 0 Å². The molecule has 0 spiro atoms. The molecule has 2 nitrogen and oxygen atoms in total. The number of hydrogen-bond acceptors (Lipinski definition) is 2. The van der Waals surface area contributed by atoms with E-state index in [1.165, 1.54) is 0 Å². The van der Waals surface area contributed by atoms with Crippen LogP contribution >= 0.6 is 0 Å². The summed E-state index contributed by atoms with van der Waals surface area (Å²) < 4.78 is 32.2. The first-order valence-corrected chi connectivity index (χ1v) is 7.10. The van der Waals surface area contributed by atoms with Gasteiger partial charge in [0.25, 0.3) is 0 Å². The van der Waals surface area contributed by atoms with Crippen LogP contribution in [0.3, 0.4) is 0 Å². The predicted molar refractivity (Wildman–Crippen MR) is 79.6 cm³/mol. The maximum absolute atomic E-state index is 13.6. The SMILES string of the molecule is CCNC(CC)c1cccc(Oc2cc(F)ccc2F)c1. The molecule has 0 saturated carbocycles. The summed E-state index contributed by atoms with van der Waals surface area (Å²) in [5, 5.41) is 3.37. The summed E-state index contributed by atoms with van der Waals surface area (Å²) in [6.07, 6.45) is 0.936. The van der Waals surface area contributed by atoms with Crippen LogP contribution in [0.1, 0.15) is 31.9 Å². The van der Waals surface area contributed by atoms with Gasteiger partial charge in [-0.1, -0.05) is 26.0 Å². The minimum Gasteiger partial charge on any atom is -0.454 e. The highest BCUT2D eigenvalue weighted by molar-refractivity contribution is 5.36. The Balaban J connectivity index is 2.23. The molecule has 0 heterocycles. The van der Waals surface area contributed by atoms with Gasteiger partial charge in [0.1, 0.15) is 11.6 Å². The fourth-order valence-electron chi connectivity index (χ4n) is 2.22. The quantitative estimate of drug-likeness (QED) is 0.824. The summed E-state index contributed by atoms with van der Waals surface area (Å²) >= 11 is 0. The lowest BCUT2D eigenvalue weighted by molar-refractivity contribution is 0.434. The van der Waals surface area contributed by atoms with Gasteiger partial charge in [0.15, 0.2) is 11.6 Å². The van der Waals surface area contributed by atoms with E-state index in [2.05, 4.69) is 12.2 Å². The molecule has 0 saturated heterocycles. The molecular formula is C17H19F2NO. The van der Waals surface area contributed by atoms with Gasteiger partial charge in [-0.3, -0.25) is 0 Å². The Labute approximate surface area is 123 Å². The fourth-order valence-corrected chi connectivity index (χ4v) is 2.22. The van der Waals surface area contributed by atoms with E-state index in [9.17, 15) is 8.78 Å². The van der Waals surface area contributed by atoms with E-state index in [4.69, 9.17) is 4.74 Å². The van der Waals surface area contributed by atoms with Crippen molar-refractivity contribution in [1.82, 2.24) is 5.32 Å². The van der Waals surface area contributed by atoms with E-state index in [0.717, 1.165) is 36.7 Å². The molecular weight excluding hydrogens is 272 g/mol. The fraction of sp³-hybridized carbons (Fsp3) is 0.294. The number of benzene rings is 2. The summed E-state index contributed by atoms with van der Waals surface area (Å²) in [7, 11) is 0. The minimum absolute atomic E-state index is 0.108. The van der Waals surface area contributed by atoms with Crippen LogP contribution in [-0.4, -0.2) is 6.54 Å². The molecule has 112 valence electrons. The molecule has 0 aromatic heterocycles. The van der Waals surface area contributed by atoms with Crippen molar-refractivity contribution in [2.45, 2.75) is 26.3 Å². The molecule has 1 atom stereocenters. The largest absolute Gasteiger partial charge is 0.454 e. The first-order chi connectivity index (χ1) is 10.1. The summed E-state index contributed by atoms with van der Waals surface area (Å²) in [5.74, 6) is -0.723. The first kappa shape index (κ1) is 15.4. The lowest BCUT2D eigenvalue weighted by Crippen LogP contribution is -2.19. The Morgan fingerprint density at radius 3 is 2.62 bits per heavy atom. The maximum Gasteiger partial charge on any atom is 0.165 e. The van der Waals surface area contributed by atoms with E-state index in [0.29, 0.717) is 5.75 Å². The summed E-state index contributed by atoms with van der Waals surface area (Å²) in [6.45, 7) is 5.00. The third kappa shape index (κ3) is 4.02. The van der Waals surface area contributed by atoms with Gasteiger partial charge >= 0.3 is 0 Å². The second-order valence-electron chi connectivity index (χ2n) is 4.77. The highest BCUT2D eigenvalue weighted by Crippen LogP contribution is 2.28. The molecule has 2 aromatic rings. The Bertz CT molecular complexity index is 601. The molecule has 0 radical (unpaired) electrons. The molecule has 0 amide bonds. The van der Waals surface area contributed by atoms with Crippen LogP contribution < -0.4 is 10.1 Å². The molecule has 0 aliphatic rings. The van der Waals surface area contributed by atoms with Crippen LogP contribution in [0.15, 0.2) is 42.5 Å². The van der Waals surface area contributed by atoms with Crippen LogP contribution in [0.4, 0.5) is 8.78 Å². The van der Waals surface area contributed by atoms with Crippen LogP contribution in [0, 0.1) is 11.6 Å². The Morgan fingerprint density at radius 1 is 1.10 bits per heavy atom. The van der Waals surface area contributed by atoms with Gasteiger partial charge in [0, 0.05) is 12.1 Å². The number of hydrogen-bond donors (Lipinski definition) is 1. The molecule has 0 fully saturated rings. The summed E-state index contributed by atoms with van der Waals surface area (Å²) in [5.41, 5.74) is 1.06. The lowest BCUT2D eigenvalue weighted by Gasteiger charge is -2.17. The van der Waals surface area contributed by atoms with Crippen LogP contribution in [0.2, 0.25) is 0 Å². The zero-order valence-electron chi connectivity index (χ0n) is 12.2. The van der Waals surface area contributed by atoms with Gasteiger partial charge in [-0.2, -0.15) is 0 Å². The number of ether oxygens (including phenoxy) is 1. The van der Waals surface area contributed by atoms with Crippen molar-refractivity contribution < 1.29 is 13.5 Å². The molecule has 0 aliphatic carbocycles. The van der Waals surface area contributed by atoms with Gasteiger partial charge in [-0.15, -0.1) is 0 Å². The van der Waals surface area contributed by atoms with Crippen molar-refractivity contribution in [3.05, 3.63) is 59.7 Å². The van der Waals surface area contributed by atoms with E-state index >= 15 is 0 Å². The third-order valence-electron chi connectivity index (χ3n) is 3.24. The molecule has 0 aliphatic heterocycles. The molecule has 21 heavy (non-hydrogen) atoms. The molecule has 1 N–H and O–H groups in total. The summed E-state index contributed by atoms with van der Waals surface area (Å²) in [6, 6.07) is 10.8. The number of rotatable bonds is 6. The second kappa shape index (κ2) is 7.18. The van der Waals surface area contributed by atoms with E-state index in [-0.39, 0.29) is 11.8 Å². The van der Waals surface area contributed by atoms with Gasteiger partial charge in [-0.05, 0) is 42.8 Å². The van der Waals surface area contributed by atoms with Crippen molar-refractivity contribution in [3.8, 4) is 11.5 Å². The molecule has 0 bridgehead atoms. The van der Waals surface area contributed by atoms with Crippen molar-refractivity contribution in [1.29, 1.82) is 0 Å². The van der Waals surface area contributed by atoms with Crippen molar-refractivity contribution in [2.24, 2.45) is 0 Å². The van der Waals surface area contributed by atoms with E-state index in [1.54, 1.807) is 6.07 Å².